The molecule has 2 aromatic rings. The van der Waals surface area contributed by atoms with E-state index in [0.29, 0.717) is 30.0 Å². The van der Waals surface area contributed by atoms with Crippen LogP contribution in [0.15, 0.2) is 16.9 Å². The third kappa shape index (κ3) is 2.91. The van der Waals surface area contributed by atoms with E-state index in [1.165, 1.54) is 0 Å². The van der Waals surface area contributed by atoms with Crippen LogP contribution in [-0.4, -0.2) is 24.8 Å². The Morgan fingerprint density at radius 2 is 2.29 bits per heavy atom. The summed E-state index contributed by atoms with van der Waals surface area (Å²) in [6.07, 6.45) is 4.20. The van der Waals surface area contributed by atoms with Crippen LogP contribution in [0, 0.1) is 5.92 Å². The highest BCUT2D eigenvalue weighted by molar-refractivity contribution is 4.96. The maximum Gasteiger partial charge on any atom is 0.226 e. The molecule has 0 saturated carbocycles. The summed E-state index contributed by atoms with van der Waals surface area (Å²) in [6, 6.07) is 0. The predicted molar refractivity (Wildman–Crippen MR) is 60.1 cm³/mol. The van der Waals surface area contributed by atoms with Gasteiger partial charge in [0.1, 0.15) is 12.4 Å². The number of aromatic nitrogens is 4. The van der Waals surface area contributed by atoms with E-state index < -0.39 is 0 Å². The summed E-state index contributed by atoms with van der Waals surface area (Å²) in [5, 5.41) is 13.0. The molecule has 17 heavy (non-hydrogen) atoms. The number of imidazole rings is 1. The van der Waals surface area contributed by atoms with Crippen LogP contribution in [0.2, 0.25) is 0 Å². The molecular formula is C11H16N4O2. The summed E-state index contributed by atoms with van der Waals surface area (Å²) in [5.74, 6) is 2.35. The molecule has 2 heterocycles. The van der Waals surface area contributed by atoms with E-state index in [1.807, 2.05) is 0 Å². The highest BCUT2D eigenvalue weighted by atomic mass is 16.5. The zero-order chi connectivity index (χ0) is 12.3. The van der Waals surface area contributed by atoms with Crippen molar-refractivity contribution in [3.8, 4) is 0 Å². The van der Waals surface area contributed by atoms with Gasteiger partial charge in [0.15, 0.2) is 5.82 Å². The molecule has 0 aliphatic carbocycles. The van der Waals surface area contributed by atoms with Crippen LogP contribution in [0.4, 0.5) is 0 Å². The minimum atomic E-state index is -0.0935. The summed E-state index contributed by atoms with van der Waals surface area (Å²) in [6.45, 7) is 4.58. The van der Waals surface area contributed by atoms with Crippen LogP contribution in [0.5, 0.6) is 0 Å². The van der Waals surface area contributed by atoms with Gasteiger partial charge in [0.2, 0.25) is 5.89 Å². The largest absolute Gasteiger partial charge is 0.388 e. The van der Waals surface area contributed by atoms with Crippen molar-refractivity contribution in [2.75, 3.05) is 0 Å². The van der Waals surface area contributed by atoms with Crippen molar-refractivity contribution in [1.29, 1.82) is 0 Å². The zero-order valence-corrected chi connectivity index (χ0v) is 10.00. The van der Waals surface area contributed by atoms with Gasteiger partial charge in [-0.3, -0.25) is 0 Å². The van der Waals surface area contributed by atoms with E-state index >= 15 is 0 Å². The van der Waals surface area contributed by atoms with Crippen LogP contribution < -0.4 is 0 Å². The summed E-state index contributed by atoms with van der Waals surface area (Å²) >= 11 is 0. The molecule has 0 aromatic carbocycles. The molecule has 0 spiro atoms. The fourth-order valence-electron chi connectivity index (χ4n) is 1.57. The van der Waals surface area contributed by atoms with Gasteiger partial charge in [-0.05, 0) is 5.92 Å². The van der Waals surface area contributed by atoms with Crippen molar-refractivity contribution in [3.63, 3.8) is 0 Å². The SMILES string of the molecule is CC(C)Cc1nc(Cn2ccnc2CO)no1. The second-order valence-electron chi connectivity index (χ2n) is 4.33. The summed E-state index contributed by atoms with van der Waals surface area (Å²) in [4.78, 5) is 8.31. The van der Waals surface area contributed by atoms with Gasteiger partial charge >= 0.3 is 0 Å². The van der Waals surface area contributed by atoms with Crippen LogP contribution in [0.3, 0.4) is 0 Å². The van der Waals surface area contributed by atoms with Gasteiger partial charge in [-0.1, -0.05) is 19.0 Å². The zero-order valence-electron chi connectivity index (χ0n) is 10.00. The van der Waals surface area contributed by atoms with Crippen molar-refractivity contribution < 1.29 is 9.63 Å². The molecule has 0 unspecified atom stereocenters. The Hall–Kier alpha value is -1.69. The van der Waals surface area contributed by atoms with E-state index in [2.05, 4.69) is 29.0 Å². The number of hydrogen-bond acceptors (Lipinski definition) is 5. The molecule has 6 heteroatoms. The van der Waals surface area contributed by atoms with E-state index in [-0.39, 0.29) is 6.61 Å². The Balaban J connectivity index is 2.06. The molecule has 1 N–H and O–H groups in total. The van der Waals surface area contributed by atoms with Crippen molar-refractivity contribution in [2.45, 2.75) is 33.4 Å². The van der Waals surface area contributed by atoms with Crippen LogP contribution in [-0.2, 0) is 19.6 Å². The van der Waals surface area contributed by atoms with E-state index in [4.69, 9.17) is 9.63 Å². The molecule has 0 amide bonds. The lowest BCUT2D eigenvalue weighted by molar-refractivity contribution is 0.265. The normalized spacial score (nSPS) is 11.3. The average molecular weight is 236 g/mol. The quantitative estimate of drug-likeness (QED) is 0.838. The second kappa shape index (κ2) is 5.09. The van der Waals surface area contributed by atoms with Gasteiger partial charge in [0.05, 0.1) is 6.54 Å². The van der Waals surface area contributed by atoms with Gasteiger partial charge in [0, 0.05) is 18.8 Å². The first-order valence-electron chi connectivity index (χ1n) is 5.61. The third-order valence-corrected chi connectivity index (χ3v) is 2.35. The first kappa shape index (κ1) is 11.8. The molecule has 0 radical (unpaired) electrons. The molecule has 0 atom stereocenters. The number of nitrogens with zero attached hydrogens (tertiary/aromatic N) is 4. The molecule has 2 aromatic heterocycles. The smallest absolute Gasteiger partial charge is 0.226 e. The molecule has 0 fully saturated rings. The highest BCUT2D eigenvalue weighted by Crippen LogP contribution is 2.07. The molecular weight excluding hydrogens is 220 g/mol. The molecule has 0 aliphatic heterocycles. The van der Waals surface area contributed by atoms with Crippen molar-refractivity contribution in [1.82, 2.24) is 19.7 Å². The summed E-state index contributed by atoms with van der Waals surface area (Å²) in [5.41, 5.74) is 0. The summed E-state index contributed by atoms with van der Waals surface area (Å²) in [7, 11) is 0. The molecule has 2 rings (SSSR count). The monoisotopic (exact) mass is 236 g/mol. The Morgan fingerprint density at radius 3 is 3.00 bits per heavy atom. The minimum Gasteiger partial charge on any atom is -0.388 e. The highest BCUT2D eigenvalue weighted by Gasteiger charge is 2.10. The first-order chi connectivity index (χ1) is 8.19. The van der Waals surface area contributed by atoms with E-state index in [1.54, 1.807) is 17.0 Å². The minimum absolute atomic E-state index is 0.0935. The van der Waals surface area contributed by atoms with Gasteiger partial charge in [-0.25, -0.2) is 4.98 Å². The predicted octanol–water partition coefficient (Wildman–Crippen LogP) is 1.01. The molecule has 0 bridgehead atoms. The maximum atomic E-state index is 9.06. The Bertz CT molecular complexity index is 475. The van der Waals surface area contributed by atoms with Gasteiger partial charge in [-0.2, -0.15) is 4.98 Å². The lowest BCUT2D eigenvalue weighted by Crippen LogP contribution is -2.05. The molecule has 92 valence electrons. The Kier molecular flexibility index (Phi) is 3.53. The standard InChI is InChI=1S/C11H16N4O2/c1-8(2)5-11-13-9(14-17-11)6-15-4-3-12-10(15)7-16/h3-4,8,16H,5-7H2,1-2H3. The summed E-state index contributed by atoms with van der Waals surface area (Å²) < 4.78 is 6.94. The van der Waals surface area contributed by atoms with Crippen molar-refractivity contribution in [3.05, 3.63) is 29.9 Å². The number of hydrogen-bond donors (Lipinski definition) is 1. The molecule has 0 aliphatic rings. The number of aliphatic hydroxyl groups is 1. The van der Waals surface area contributed by atoms with Crippen LogP contribution in [0.1, 0.15) is 31.4 Å². The maximum absolute atomic E-state index is 9.06. The van der Waals surface area contributed by atoms with Crippen molar-refractivity contribution in [2.24, 2.45) is 5.92 Å². The van der Waals surface area contributed by atoms with Crippen LogP contribution in [0.25, 0.3) is 0 Å². The van der Waals surface area contributed by atoms with Crippen molar-refractivity contribution >= 4 is 0 Å². The fraction of sp³-hybridized carbons (Fsp3) is 0.545. The average Bonchev–Trinajstić information content (AvgIpc) is 2.87. The van der Waals surface area contributed by atoms with E-state index in [9.17, 15) is 0 Å². The lowest BCUT2D eigenvalue weighted by atomic mass is 10.1. The van der Waals surface area contributed by atoms with Gasteiger partial charge in [0.25, 0.3) is 0 Å². The Labute approximate surface area is 99.3 Å². The van der Waals surface area contributed by atoms with Gasteiger partial charge in [-0.15, -0.1) is 0 Å². The lowest BCUT2D eigenvalue weighted by Gasteiger charge is -2.01. The third-order valence-electron chi connectivity index (χ3n) is 2.35. The molecule has 0 saturated heterocycles. The number of aliphatic hydroxyl groups excluding tert-OH is 1. The fourth-order valence-corrected chi connectivity index (χ4v) is 1.57. The first-order valence-corrected chi connectivity index (χ1v) is 5.61. The molecule has 6 nitrogen and oxygen atoms in total. The van der Waals surface area contributed by atoms with Gasteiger partial charge < -0.3 is 14.2 Å². The van der Waals surface area contributed by atoms with E-state index in [0.717, 1.165) is 6.42 Å². The second-order valence-corrected chi connectivity index (χ2v) is 4.33. The number of rotatable bonds is 5. The topological polar surface area (TPSA) is 77.0 Å². The van der Waals surface area contributed by atoms with Crippen LogP contribution >= 0.6 is 0 Å². The Morgan fingerprint density at radius 1 is 1.47 bits per heavy atom.